The number of aromatic nitrogens is 1. The molecule has 0 aliphatic carbocycles. The molecule has 0 bridgehead atoms. The highest BCUT2D eigenvalue weighted by molar-refractivity contribution is 5.78. The fourth-order valence-electron chi connectivity index (χ4n) is 1.95. The van der Waals surface area contributed by atoms with E-state index in [0.29, 0.717) is 13.0 Å². The van der Waals surface area contributed by atoms with Gasteiger partial charge in [0.15, 0.2) is 0 Å². The van der Waals surface area contributed by atoms with Gasteiger partial charge in [0.05, 0.1) is 6.10 Å². The van der Waals surface area contributed by atoms with Crippen molar-refractivity contribution in [1.82, 2.24) is 4.98 Å². The number of nitrogens with zero attached hydrogens (tertiary/aromatic N) is 2. The molecule has 1 aliphatic rings. The Bertz CT molecular complexity index is 375. The van der Waals surface area contributed by atoms with Crippen LogP contribution < -0.4 is 4.90 Å². The standard InChI is InChI=1S/C12H16N2O2/c1-9(15)6-10-2-3-12(13-7-10)14-5-4-11(16)8-14/h2-3,7,11,16H,4-6,8H2,1H3/t11-/m0/s1. The zero-order chi connectivity index (χ0) is 11.5. The number of Topliss-reactive ketones (excluding diaryl/α,β-unsaturated/α-hetero) is 1. The van der Waals surface area contributed by atoms with Gasteiger partial charge in [0, 0.05) is 25.7 Å². The lowest BCUT2D eigenvalue weighted by molar-refractivity contribution is -0.116. The van der Waals surface area contributed by atoms with Crippen LogP contribution in [-0.2, 0) is 11.2 Å². The Morgan fingerprint density at radius 3 is 2.94 bits per heavy atom. The van der Waals surface area contributed by atoms with E-state index in [1.807, 2.05) is 12.1 Å². The van der Waals surface area contributed by atoms with Gasteiger partial charge < -0.3 is 10.0 Å². The van der Waals surface area contributed by atoms with Crippen LogP contribution in [0.25, 0.3) is 0 Å². The Hall–Kier alpha value is -1.42. The quantitative estimate of drug-likeness (QED) is 0.818. The molecule has 1 fully saturated rings. The largest absolute Gasteiger partial charge is 0.391 e. The first-order valence-corrected chi connectivity index (χ1v) is 5.52. The number of hydrogen-bond acceptors (Lipinski definition) is 4. The van der Waals surface area contributed by atoms with E-state index < -0.39 is 0 Å². The van der Waals surface area contributed by atoms with Crippen molar-refractivity contribution < 1.29 is 9.90 Å². The van der Waals surface area contributed by atoms with Crippen LogP contribution in [0.3, 0.4) is 0 Å². The Balaban J connectivity index is 2.04. The summed E-state index contributed by atoms with van der Waals surface area (Å²) in [6.07, 6.45) is 2.74. The van der Waals surface area contributed by atoms with Gasteiger partial charge in [-0.15, -0.1) is 0 Å². The molecule has 1 saturated heterocycles. The lowest BCUT2D eigenvalue weighted by Crippen LogP contribution is -2.22. The van der Waals surface area contributed by atoms with Crippen molar-refractivity contribution in [1.29, 1.82) is 0 Å². The molecule has 1 aliphatic heterocycles. The lowest BCUT2D eigenvalue weighted by atomic mass is 10.1. The minimum absolute atomic E-state index is 0.145. The van der Waals surface area contributed by atoms with Crippen LogP contribution in [0, 0.1) is 0 Å². The predicted octanol–water partition coefficient (Wildman–Crippen LogP) is 0.784. The van der Waals surface area contributed by atoms with E-state index >= 15 is 0 Å². The fourth-order valence-corrected chi connectivity index (χ4v) is 1.95. The average Bonchev–Trinajstić information content (AvgIpc) is 2.65. The SMILES string of the molecule is CC(=O)Cc1ccc(N2CC[C@H](O)C2)nc1. The van der Waals surface area contributed by atoms with Gasteiger partial charge in [-0.05, 0) is 25.0 Å². The van der Waals surface area contributed by atoms with Crippen molar-refractivity contribution in [3.8, 4) is 0 Å². The summed E-state index contributed by atoms with van der Waals surface area (Å²) in [5.74, 6) is 1.02. The number of pyridine rings is 1. The van der Waals surface area contributed by atoms with Gasteiger partial charge in [-0.2, -0.15) is 0 Å². The maximum atomic E-state index is 10.9. The summed E-state index contributed by atoms with van der Waals surface area (Å²) in [6.45, 7) is 3.07. The van der Waals surface area contributed by atoms with Gasteiger partial charge in [0.25, 0.3) is 0 Å². The molecule has 4 nitrogen and oxygen atoms in total. The highest BCUT2D eigenvalue weighted by atomic mass is 16.3. The second-order valence-corrected chi connectivity index (χ2v) is 4.29. The normalized spacial score (nSPS) is 20.1. The Morgan fingerprint density at radius 2 is 2.44 bits per heavy atom. The van der Waals surface area contributed by atoms with Crippen LogP contribution in [0.4, 0.5) is 5.82 Å². The summed E-state index contributed by atoms with van der Waals surface area (Å²) in [5, 5.41) is 9.42. The fraction of sp³-hybridized carbons (Fsp3) is 0.500. The number of β-amino-alcohol motifs (C(OH)–C–C–N with tert-alkyl or cyclic N) is 1. The molecule has 86 valence electrons. The van der Waals surface area contributed by atoms with E-state index in [4.69, 9.17) is 0 Å². The number of hydrogen-bond donors (Lipinski definition) is 1. The number of carbonyl (C=O) groups is 1. The number of aliphatic hydroxyl groups excluding tert-OH is 1. The molecule has 1 aromatic rings. The molecule has 2 rings (SSSR count). The summed E-state index contributed by atoms with van der Waals surface area (Å²) in [4.78, 5) is 17.3. The third-order valence-corrected chi connectivity index (χ3v) is 2.75. The van der Waals surface area contributed by atoms with E-state index in [1.165, 1.54) is 0 Å². The monoisotopic (exact) mass is 220 g/mol. The van der Waals surface area contributed by atoms with Gasteiger partial charge in [-0.1, -0.05) is 6.07 Å². The van der Waals surface area contributed by atoms with Crippen LogP contribution in [0.1, 0.15) is 18.9 Å². The maximum absolute atomic E-state index is 10.9. The molecule has 1 atom stereocenters. The molecule has 1 N–H and O–H groups in total. The van der Waals surface area contributed by atoms with Crippen molar-refractivity contribution in [3.63, 3.8) is 0 Å². The molecule has 4 heteroatoms. The minimum atomic E-state index is -0.237. The first kappa shape index (κ1) is 11.1. The van der Waals surface area contributed by atoms with E-state index in [-0.39, 0.29) is 11.9 Å². The number of carbonyl (C=O) groups excluding carboxylic acids is 1. The summed E-state index contributed by atoms with van der Waals surface area (Å²) >= 11 is 0. The Labute approximate surface area is 94.9 Å². The molecule has 0 spiro atoms. The number of aliphatic hydroxyl groups is 1. The molecule has 0 amide bonds. The van der Waals surface area contributed by atoms with Gasteiger partial charge in [-0.3, -0.25) is 4.79 Å². The van der Waals surface area contributed by atoms with Crippen LogP contribution >= 0.6 is 0 Å². The van der Waals surface area contributed by atoms with Crippen molar-refractivity contribution in [2.24, 2.45) is 0 Å². The minimum Gasteiger partial charge on any atom is -0.391 e. The Kier molecular flexibility index (Phi) is 3.19. The van der Waals surface area contributed by atoms with E-state index in [9.17, 15) is 9.90 Å². The maximum Gasteiger partial charge on any atom is 0.134 e. The van der Waals surface area contributed by atoms with Crippen molar-refractivity contribution in [2.75, 3.05) is 18.0 Å². The highest BCUT2D eigenvalue weighted by Gasteiger charge is 2.20. The second kappa shape index (κ2) is 4.61. The highest BCUT2D eigenvalue weighted by Crippen LogP contribution is 2.18. The lowest BCUT2D eigenvalue weighted by Gasteiger charge is -2.16. The molecular formula is C12H16N2O2. The molecule has 0 unspecified atom stereocenters. The van der Waals surface area contributed by atoms with Gasteiger partial charge >= 0.3 is 0 Å². The molecule has 0 radical (unpaired) electrons. The summed E-state index contributed by atoms with van der Waals surface area (Å²) < 4.78 is 0. The summed E-state index contributed by atoms with van der Waals surface area (Å²) in [6, 6.07) is 3.84. The zero-order valence-electron chi connectivity index (χ0n) is 9.39. The predicted molar refractivity (Wildman–Crippen MR) is 61.5 cm³/mol. The third kappa shape index (κ3) is 2.58. The number of rotatable bonds is 3. The van der Waals surface area contributed by atoms with E-state index in [1.54, 1.807) is 13.1 Å². The van der Waals surface area contributed by atoms with Crippen molar-refractivity contribution in [3.05, 3.63) is 23.9 Å². The van der Waals surface area contributed by atoms with E-state index in [2.05, 4.69) is 9.88 Å². The number of anilines is 1. The molecule has 0 aromatic carbocycles. The molecule has 16 heavy (non-hydrogen) atoms. The zero-order valence-corrected chi connectivity index (χ0v) is 9.39. The average molecular weight is 220 g/mol. The van der Waals surface area contributed by atoms with Crippen LogP contribution in [0.15, 0.2) is 18.3 Å². The van der Waals surface area contributed by atoms with Gasteiger partial charge in [-0.25, -0.2) is 4.98 Å². The van der Waals surface area contributed by atoms with Crippen LogP contribution in [0.2, 0.25) is 0 Å². The number of ketones is 1. The first-order chi connectivity index (χ1) is 7.65. The smallest absolute Gasteiger partial charge is 0.134 e. The molecular weight excluding hydrogens is 204 g/mol. The third-order valence-electron chi connectivity index (χ3n) is 2.75. The van der Waals surface area contributed by atoms with Crippen LogP contribution in [-0.4, -0.2) is 35.1 Å². The van der Waals surface area contributed by atoms with E-state index in [0.717, 1.165) is 24.3 Å². The molecule has 0 saturated carbocycles. The summed E-state index contributed by atoms with van der Waals surface area (Å²) in [5.41, 5.74) is 0.941. The Morgan fingerprint density at radius 1 is 1.62 bits per heavy atom. The van der Waals surface area contributed by atoms with Gasteiger partial charge in [0.1, 0.15) is 11.6 Å². The van der Waals surface area contributed by atoms with Gasteiger partial charge in [0.2, 0.25) is 0 Å². The van der Waals surface area contributed by atoms with Crippen molar-refractivity contribution in [2.45, 2.75) is 25.9 Å². The second-order valence-electron chi connectivity index (χ2n) is 4.29. The topological polar surface area (TPSA) is 53.4 Å². The molecule has 2 heterocycles. The first-order valence-electron chi connectivity index (χ1n) is 5.52. The van der Waals surface area contributed by atoms with Crippen molar-refractivity contribution >= 4 is 11.6 Å². The summed E-state index contributed by atoms with van der Waals surface area (Å²) in [7, 11) is 0. The molecule has 1 aromatic heterocycles. The van der Waals surface area contributed by atoms with Crippen LogP contribution in [0.5, 0.6) is 0 Å².